The summed E-state index contributed by atoms with van der Waals surface area (Å²) in [5.74, 6) is -0.625. The first kappa shape index (κ1) is 20.9. The summed E-state index contributed by atoms with van der Waals surface area (Å²) >= 11 is 3.34. The summed E-state index contributed by atoms with van der Waals surface area (Å²) in [6, 6.07) is 9.10. The second kappa shape index (κ2) is 9.00. The number of nitrogens with one attached hydrogen (secondary N) is 1. The zero-order chi connectivity index (χ0) is 20.0. The number of nitriles is 1. The fourth-order valence-corrected chi connectivity index (χ4v) is 2.89. The molecule has 1 amide bonds. The standard InChI is InChI=1S/C19H23BrN4O3/c1-19(2,3)27-18(26)24-10-8-13(9-11-24)17(25)16(12-21)23-22-15-6-4-14(20)5-7-15/h4-7,13,22H,8-11H2,1-3H3/b23-16+. The van der Waals surface area contributed by atoms with E-state index in [-0.39, 0.29) is 23.5 Å². The number of ketones is 1. The minimum Gasteiger partial charge on any atom is -0.444 e. The van der Waals surface area contributed by atoms with Gasteiger partial charge in [-0.3, -0.25) is 10.2 Å². The van der Waals surface area contributed by atoms with Gasteiger partial charge in [0.25, 0.3) is 0 Å². The van der Waals surface area contributed by atoms with Gasteiger partial charge >= 0.3 is 6.09 Å². The van der Waals surface area contributed by atoms with Gasteiger partial charge in [-0.05, 0) is 57.9 Å². The molecule has 1 aliphatic heterocycles. The lowest BCUT2D eigenvalue weighted by Crippen LogP contribution is -2.43. The Morgan fingerprint density at radius 1 is 1.26 bits per heavy atom. The van der Waals surface area contributed by atoms with E-state index in [2.05, 4.69) is 26.5 Å². The minimum absolute atomic E-state index is 0.159. The Balaban J connectivity index is 1.93. The fraction of sp³-hybridized carbons (Fsp3) is 0.474. The summed E-state index contributed by atoms with van der Waals surface area (Å²) < 4.78 is 6.27. The van der Waals surface area contributed by atoms with E-state index in [9.17, 15) is 14.9 Å². The second-order valence-electron chi connectivity index (χ2n) is 7.30. The van der Waals surface area contributed by atoms with Gasteiger partial charge < -0.3 is 9.64 Å². The zero-order valence-electron chi connectivity index (χ0n) is 15.7. The van der Waals surface area contributed by atoms with Gasteiger partial charge in [0, 0.05) is 23.5 Å². The molecule has 1 N–H and O–H groups in total. The lowest BCUT2D eigenvalue weighted by Gasteiger charge is -2.32. The topological polar surface area (TPSA) is 94.8 Å². The van der Waals surface area contributed by atoms with Crippen LogP contribution in [0.25, 0.3) is 0 Å². The van der Waals surface area contributed by atoms with E-state index in [0.717, 1.165) is 4.47 Å². The molecule has 0 aliphatic carbocycles. The summed E-state index contributed by atoms with van der Waals surface area (Å²) in [6.45, 7) is 6.29. The number of nitrogens with zero attached hydrogens (tertiary/aromatic N) is 3. The number of benzene rings is 1. The van der Waals surface area contributed by atoms with Gasteiger partial charge in [0.05, 0.1) is 5.69 Å². The van der Waals surface area contributed by atoms with E-state index < -0.39 is 5.60 Å². The highest BCUT2D eigenvalue weighted by molar-refractivity contribution is 9.10. The van der Waals surface area contributed by atoms with Gasteiger partial charge in [0.1, 0.15) is 11.7 Å². The van der Waals surface area contributed by atoms with Crippen LogP contribution in [0.5, 0.6) is 0 Å². The Labute approximate surface area is 167 Å². The molecule has 0 bridgehead atoms. The molecule has 1 saturated heterocycles. The van der Waals surface area contributed by atoms with Gasteiger partial charge in [-0.15, -0.1) is 0 Å². The van der Waals surface area contributed by atoms with Crippen LogP contribution in [0.3, 0.4) is 0 Å². The Hall–Kier alpha value is -2.40. The van der Waals surface area contributed by atoms with Gasteiger partial charge in [-0.1, -0.05) is 15.9 Å². The van der Waals surface area contributed by atoms with Crippen molar-refractivity contribution in [2.45, 2.75) is 39.2 Å². The molecule has 1 aromatic rings. The minimum atomic E-state index is -0.552. The molecular weight excluding hydrogens is 412 g/mol. The molecule has 0 spiro atoms. The summed E-state index contributed by atoms with van der Waals surface area (Å²) in [4.78, 5) is 26.3. The molecule has 0 aromatic heterocycles. The van der Waals surface area contributed by atoms with Crippen molar-refractivity contribution in [3.63, 3.8) is 0 Å². The summed E-state index contributed by atoms with van der Waals surface area (Å²) in [7, 11) is 0. The third-order valence-corrected chi connectivity index (χ3v) is 4.53. The van der Waals surface area contributed by atoms with Crippen molar-refractivity contribution in [2.24, 2.45) is 11.0 Å². The van der Waals surface area contributed by atoms with Crippen molar-refractivity contribution in [2.75, 3.05) is 18.5 Å². The molecule has 7 nitrogen and oxygen atoms in total. The predicted octanol–water partition coefficient (Wildman–Crippen LogP) is 3.96. The van der Waals surface area contributed by atoms with Crippen molar-refractivity contribution in [1.82, 2.24) is 4.90 Å². The van der Waals surface area contributed by atoms with E-state index in [1.54, 1.807) is 17.0 Å². The predicted molar refractivity (Wildman–Crippen MR) is 106 cm³/mol. The monoisotopic (exact) mass is 434 g/mol. The van der Waals surface area contributed by atoms with E-state index in [4.69, 9.17) is 4.74 Å². The molecule has 2 rings (SSSR count). The lowest BCUT2D eigenvalue weighted by molar-refractivity contribution is -0.117. The van der Waals surface area contributed by atoms with E-state index in [1.165, 1.54) is 0 Å². The smallest absolute Gasteiger partial charge is 0.410 e. The van der Waals surface area contributed by atoms with Gasteiger partial charge in [-0.25, -0.2) is 4.79 Å². The third-order valence-electron chi connectivity index (χ3n) is 4.00. The zero-order valence-corrected chi connectivity index (χ0v) is 17.2. The Bertz CT molecular complexity index is 755. The number of halogens is 1. The van der Waals surface area contributed by atoms with Crippen LogP contribution in [0.1, 0.15) is 33.6 Å². The average molecular weight is 435 g/mol. The molecule has 1 aliphatic rings. The lowest BCUT2D eigenvalue weighted by atomic mass is 9.90. The number of hydrazone groups is 1. The Morgan fingerprint density at radius 3 is 2.37 bits per heavy atom. The Kier molecular flexibility index (Phi) is 6.97. The maximum Gasteiger partial charge on any atom is 0.410 e. The number of piperidine rings is 1. The molecule has 1 aromatic carbocycles. The number of likely N-dealkylation sites (tertiary alicyclic amines) is 1. The number of ether oxygens (including phenoxy) is 1. The average Bonchev–Trinajstić information content (AvgIpc) is 2.62. The molecule has 0 radical (unpaired) electrons. The van der Waals surface area contributed by atoms with Crippen LogP contribution in [0.15, 0.2) is 33.8 Å². The van der Waals surface area contributed by atoms with Crippen molar-refractivity contribution < 1.29 is 14.3 Å². The number of amides is 1. The van der Waals surface area contributed by atoms with Crippen molar-refractivity contribution in [1.29, 1.82) is 5.26 Å². The quantitative estimate of drug-likeness (QED) is 0.571. The molecule has 8 heteroatoms. The van der Waals surface area contributed by atoms with E-state index >= 15 is 0 Å². The molecular formula is C19H23BrN4O3. The number of carbonyl (C=O) groups excluding carboxylic acids is 2. The molecule has 1 fully saturated rings. The first-order valence-corrected chi connectivity index (χ1v) is 9.50. The van der Waals surface area contributed by atoms with Crippen molar-refractivity contribution in [3.05, 3.63) is 28.7 Å². The van der Waals surface area contributed by atoms with E-state index in [0.29, 0.717) is 31.6 Å². The maximum absolute atomic E-state index is 12.6. The maximum atomic E-state index is 12.6. The second-order valence-corrected chi connectivity index (χ2v) is 8.21. The molecule has 144 valence electrons. The van der Waals surface area contributed by atoms with Crippen LogP contribution in [-0.2, 0) is 9.53 Å². The van der Waals surface area contributed by atoms with Crippen molar-refractivity contribution >= 4 is 39.2 Å². The number of hydrogen-bond acceptors (Lipinski definition) is 6. The summed E-state index contributed by atoms with van der Waals surface area (Å²) in [6.07, 6.45) is 0.591. The normalized spacial score (nSPS) is 15.8. The highest BCUT2D eigenvalue weighted by Crippen LogP contribution is 2.21. The molecule has 0 saturated carbocycles. The largest absolute Gasteiger partial charge is 0.444 e. The fourth-order valence-electron chi connectivity index (χ4n) is 2.62. The molecule has 1 heterocycles. The van der Waals surface area contributed by atoms with E-state index in [1.807, 2.05) is 39.0 Å². The van der Waals surface area contributed by atoms with Gasteiger partial charge in [0.15, 0.2) is 5.78 Å². The highest BCUT2D eigenvalue weighted by atomic mass is 79.9. The van der Waals surface area contributed by atoms with Gasteiger partial charge in [0.2, 0.25) is 5.71 Å². The SMILES string of the molecule is CC(C)(C)OC(=O)N1CCC(C(=O)/C(C#N)=N/Nc2ccc(Br)cc2)CC1. The first-order valence-electron chi connectivity index (χ1n) is 8.71. The number of anilines is 1. The number of hydrogen-bond donors (Lipinski definition) is 1. The number of rotatable bonds is 4. The van der Waals surface area contributed by atoms with Crippen LogP contribution in [0.4, 0.5) is 10.5 Å². The van der Waals surface area contributed by atoms with Crippen LogP contribution < -0.4 is 5.43 Å². The van der Waals surface area contributed by atoms with Crippen LogP contribution in [-0.4, -0.2) is 41.2 Å². The Morgan fingerprint density at radius 2 is 1.85 bits per heavy atom. The molecule has 0 unspecified atom stereocenters. The number of Topliss-reactive ketones (excluding diaryl/α,β-unsaturated/α-hetero) is 1. The summed E-state index contributed by atoms with van der Waals surface area (Å²) in [5.41, 5.74) is 2.70. The van der Waals surface area contributed by atoms with Crippen LogP contribution in [0.2, 0.25) is 0 Å². The summed E-state index contributed by atoms with van der Waals surface area (Å²) in [5, 5.41) is 13.2. The highest BCUT2D eigenvalue weighted by Gasteiger charge is 2.31. The first-order chi connectivity index (χ1) is 12.7. The van der Waals surface area contributed by atoms with Crippen LogP contribution >= 0.6 is 15.9 Å². The number of carbonyl (C=O) groups is 2. The third kappa shape index (κ3) is 6.36. The van der Waals surface area contributed by atoms with Gasteiger partial charge in [-0.2, -0.15) is 10.4 Å². The molecule has 27 heavy (non-hydrogen) atoms. The van der Waals surface area contributed by atoms with Crippen molar-refractivity contribution in [3.8, 4) is 6.07 Å². The van der Waals surface area contributed by atoms with Crippen LogP contribution in [0, 0.1) is 17.2 Å². The molecule has 0 atom stereocenters.